The zero-order chi connectivity index (χ0) is 22.1. The number of aromatic amines is 1. The van der Waals surface area contributed by atoms with Crippen molar-refractivity contribution in [1.82, 2.24) is 15.2 Å². The molecule has 10 heteroatoms. The molecule has 0 aliphatic carbocycles. The monoisotopic (exact) mass is 432 g/mol. The number of amides is 2. The molecule has 1 aromatic heterocycles. The molecule has 0 fully saturated rings. The number of hydroxylamine groups is 1. The topological polar surface area (TPSA) is 140 Å². The zero-order valence-electron chi connectivity index (χ0n) is 16.9. The van der Waals surface area contributed by atoms with E-state index in [1.807, 2.05) is 6.92 Å². The maximum atomic E-state index is 12.6. The number of aryl methyl sites for hydroxylation is 1. The number of H-pyrrole nitrogens is 1. The number of hydrogen-bond acceptors (Lipinski definition) is 5. The molecule has 1 aliphatic heterocycles. The van der Waals surface area contributed by atoms with Crippen LogP contribution >= 0.6 is 0 Å². The van der Waals surface area contributed by atoms with E-state index in [0.717, 1.165) is 12.8 Å². The molecule has 2 amide bonds. The number of sulfonamides is 1. The molecule has 2 heterocycles. The molecule has 9 nitrogen and oxygen atoms in total. The Morgan fingerprint density at radius 2 is 2.00 bits per heavy atom. The van der Waals surface area contributed by atoms with Crippen LogP contribution in [0.15, 0.2) is 23.1 Å². The average Bonchev–Trinajstić information content (AvgIpc) is 3.16. The third-order valence-electron chi connectivity index (χ3n) is 5.00. The smallest absolute Gasteiger partial charge is 0.276 e. The van der Waals surface area contributed by atoms with Crippen LogP contribution in [0.3, 0.4) is 0 Å². The summed E-state index contributed by atoms with van der Waals surface area (Å²) in [7, 11) is -3.70. The average molecular weight is 433 g/mol. The minimum absolute atomic E-state index is 0.0690. The molecular weight excluding hydrogens is 408 g/mol. The van der Waals surface area contributed by atoms with Crippen LogP contribution in [-0.2, 0) is 14.8 Å². The summed E-state index contributed by atoms with van der Waals surface area (Å²) in [5.41, 5.74) is 4.72. The van der Waals surface area contributed by atoms with Crippen molar-refractivity contribution < 1.29 is 23.2 Å². The summed E-state index contributed by atoms with van der Waals surface area (Å²) in [6.45, 7) is 5.67. The van der Waals surface area contributed by atoms with Gasteiger partial charge in [0.25, 0.3) is 11.8 Å². The van der Waals surface area contributed by atoms with Gasteiger partial charge in [-0.15, -0.1) is 0 Å². The summed E-state index contributed by atoms with van der Waals surface area (Å²) in [4.78, 5) is 27.5. The van der Waals surface area contributed by atoms with Gasteiger partial charge in [-0.1, -0.05) is 13.3 Å². The second kappa shape index (κ2) is 8.42. The van der Waals surface area contributed by atoms with Gasteiger partial charge in [0.2, 0.25) is 10.0 Å². The molecule has 0 atom stereocenters. The van der Waals surface area contributed by atoms with Crippen molar-refractivity contribution >= 4 is 39.2 Å². The Morgan fingerprint density at radius 3 is 2.67 bits per heavy atom. The SMILES string of the molecule is CCCCNS(=O)(=O)c1ccc2c(c1)/C(=C\c1[nH]c(C)c(C(=O)NO)c1C)C(=O)N2. The van der Waals surface area contributed by atoms with E-state index >= 15 is 0 Å². The standard InChI is InChI=1S/C20H24N4O5S/c1-4-5-8-21-30(28,29)13-6-7-16-14(9-13)15(19(25)23-16)10-17-11(2)18(12(3)22-17)20(26)24-27/h6-7,9-10,21-22,27H,4-5,8H2,1-3H3,(H,23,25)(H,24,26)/b15-10+. The molecule has 1 aromatic carbocycles. The van der Waals surface area contributed by atoms with Crippen LogP contribution in [0.25, 0.3) is 11.6 Å². The summed E-state index contributed by atoms with van der Waals surface area (Å²) in [6, 6.07) is 4.46. The fraction of sp³-hybridized carbons (Fsp3) is 0.300. The molecule has 5 N–H and O–H groups in total. The lowest BCUT2D eigenvalue weighted by molar-refractivity contribution is -0.110. The quantitative estimate of drug-likeness (QED) is 0.198. The molecule has 30 heavy (non-hydrogen) atoms. The van der Waals surface area contributed by atoms with Crippen LogP contribution in [-0.4, -0.2) is 37.0 Å². The molecule has 0 spiro atoms. The largest absolute Gasteiger partial charge is 0.358 e. The molecule has 3 rings (SSSR count). The van der Waals surface area contributed by atoms with E-state index in [0.29, 0.717) is 34.7 Å². The molecule has 0 radical (unpaired) electrons. The van der Waals surface area contributed by atoms with Gasteiger partial charge >= 0.3 is 0 Å². The van der Waals surface area contributed by atoms with Gasteiger partial charge in [-0.2, -0.15) is 0 Å². The van der Waals surface area contributed by atoms with E-state index < -0.39 is 15.9 Å². The molecule has 160 valence electrons. The van der Waals surface area contributed by atoms with Gasteiger partial charge in [0, 0.05) is 29.2 Å². The second-order valence-corrected chi connectivity index (χ2v) is 8.84. The Hall–Kier alpha value is -2.95. The maximum Gasteiger partial charge on any atom is 0.276 e. The first-order chi connectivity index (χ1) is 14.2. The Bertz CT molecular complexity index is 1150. The Morgan fingerprint density at radius 1 is 1.27 bits per heavy atom. The number of fused-ring (bicyclic) bond motifs is 1. The fourth-order valence-corrected chi connectivity index (χ4v) is 4.50. The van der Waals surface area contributed by atoms with Gasteiger partial charge in [0.05, 0.1) is 16.0 Å². The van der Waals surface area contributed by atoms with Crippen LogP contribution in [0.1, 0.15) is 52.6 Å². The van der Waals surface area contributed by atoms with Crippen molar-refractivity contribution in [2.75, 3.05) is 11.9 Å². The Kier molecular flexibility index (Phi) is 6.11. The molecule has 0 unspecified atom stereocenters. The highest BCUT2D eigenvalue weighted by molar-refractivity contribution is 7.89. The number of unbranched alkanes of at least 4 members (excludes halogenated alkanes) is 1. The molecule has 0 bridgehead atoms. The predicted molar refractivity (Wildman–Crippen MR) is 113 cm³/mol. The number of aromatic nitrogens is 1. The molecular formula is C20H24N4O5S. The highest BCUT2D eigenvalue weighted by Gasteiger charge is 2.27. The van der Waals surface area contributed by atoms with Crippen molar-refractivity contribution in [3.63, 3.8) is 0 Å². The van der Waals surface area contributed by atoms with Crippen molar-refractivity contribution in [3.05, 3.63) is 46.3 Å². The first-order valence-corrected chi connectivity index (χ1v) is 11.0. The van der Waals surface area contributed by atoms with Crippen LogP contribution in [0.5, 0.6) is 0 Å². The maximum absolute atomic E-state index is 12.6. The number of benzene rings is 1. The van der Waals surface area contributed by atoms with Gasteiger partial charge in [-0.3, -0.25) is 14.8 Å². The number of hydrogen-bond donors (Lipinski definition) is 5. The van der Waals surface area contributed by atoms with E-state index in [4.69, 9.17) is 5.21 Å². The predicted octanol–water partition coefficient (Wildman–Crippen LogP) is 2.32. The third kappa shape index (κ3) is 4.02. The third-order valence-corrected chi connectivity index (χ3v) is 6.46. The van der Waals surface area contributed by atoms with Crippen molar-refractivity contribution in [3.8, 4) is 0 Å². The molecule has 0 saturated heterocycles. The van der Waals surface area contributed by atoms with Gasteiger partial charge in [-0.25, -0.2) is 18.6 Å². The first kappa shape index (κ1) is 21.8. The second-order valence-electron chi connectivity index (χ2n) is 7.08. The van der Waals surface area contributed by atoms with Crippen LogP contribution in [0, 0.1) is 13.8 Å². The highest BCUT2D eigenvalue weighted by atomic mass is 32.2. The van der Waals surface area contributed by atoms with Crippen molar-refractivity contribution in [1.29, 1.82) is 0 Å². The molecule has 2 aromatic rings. The van der Waals surface area contributed by atoms with Gasteiger partial charge in [0.15, 0.2) is 0 Å². The van der Waals surface area contributed by atoms with Gasteiger partial charge in [0.1, 0.15) is 0 Å². The first-order valence-electron chi connectivity index (χ1n) is 9.50. The number of anilines is 1. The van der Waals surface area contributed by atoms with Crippen molar-refractivity contribution in [2.24, 2.45) is 0 Å². The molecule has 1 aliphatic rings. The summed E-state index contributed by atoms with van der Waals surface area (Å²) in [5, 5.41) is 11.6. The minimum Gasteiger partial charge on any atom is -0.358 e. The van der Waals surface area contributed by atoms with E-state index in [1.165, 1.54) is 12.1 Å². The fourth-order valence-electron chi connectivity index (χ4n) is 3.40. The molecule has 0 saturated carbocycles. The number of nitrogens with one attached hydrogen (secondary N) is 4. The van der Waals surface area contributed by atoms with E-state index in [-0.39, 0.29) is 21.9 Å². The normalized spacial score (nSPS) is 14.7. The summed E-state index contributed by atoms with van der Waals surface area (Å²) in [6.07, 6.45) is 3.16. The van der Waals surface area contributed by atoms with E-state index in [1.54, 1.807) is 31.5 Å². The number of rotatable bonds is 7. The minimum atomic E-state index is -3.70. The van der Waals surface area contributed by atoms with Gasteiger partial charge < -0.3 is 10.3 Å². The Balaban J connectivity index is 2.03. The Labute approximate surface area is 174 Å². The lowest BCUT2D eigenvalue weighted by Gasteiger charge is -2.08. The van der Waals surface area contributed by atoms with Crippen LogP contribution < -0.4 is 15.5 Å². The summed E-state index contributed by atoms with van der Waals surface area (Å²) >= 11 is 0. The van der Waals surface area contributed by atoms with Crippen LogP contribution in [0.4, 0.5) is 5.69 Å². The van der Waals surface area contributed by atoms with Crippen LogP contribution in [0.2, 0.25) is 0 Å². The van der Waals surface area contributed by atoms with E-state index in [9.17, 15) is 18.0 Å². The number of carbonyl (C=O) groups excluding carboxylic acids is 2. The van der Waals surface area contributed by atoms with Crippen molar-refractivity contribution in [2.45, 2.75) is 38.5 Å². The lowest BCUT2D eigenvalue weighted by atomic mass is 10.0. The number of carbonyl (C=O) groups is 2. The lowest BCUT2D eigenvalue weighted by Crippen LogP contribution is -2.24. The zero-order valence-corrected chi connectivity index (χ0v) is 17.7. The highest BCUT2D eigenvalue weighted by Crippen LogP contribution is 2.35. The summed E-state index contributed by atoms with van der Waals surface area (Å²) in [5.74, 6) is -1.04. The summed E-state index contributed by atoms with van der Waals surface area (Å²) < 4.78 is 27.7. The van der Waals surface area contributed by atoms with E-state index in [2.05, 4.69) is 15.0 Å². The van der Waals surface area contributed by atoms with Gasteiger partial charge in [-0.05, 0) is 50.1 Å².